The van der Waals surface area contributed by atoms with Crippen molar-refractivity contribution in [2.75, 3.05) is 33.4 Å². The topological polar surface area (TPSA) is 85.3 Å². The van der Waals surface area contributed by atoms with Crippen molar-refractivity contribution in [2.45, 2.75) is 38.7 Å². The highest BCUT2D eigenvalue weighted by Gasteiger charge is 2.38. The number of nitrogens with zero attached hydrogens (tertiary/aromatic N) is 1. The van der Waals surface area contributed by atoms with Crippen LogP contribution in [0.5, 0.6) is 5.75 Å². The fourth-order valence-electron chi connectivity index (χ4n) is 3.21. The summed E-state index contributed by atoms with van der Waals surface area (Å²) in [5, 5.41) is 8.83. The number of aliphatic hydroxyl groups excluding tert-OH is 1. The van der Waals surface area contributed by atoms with Crippen LogP contribution in [-0.4, -0.2) is 61.1 Å². The van der Waals surface area contributed by atoms with Crippen LogP contribution in [0.25, 0.3) is 0 Å². The van der Waals surface area contributed by atoms with Crippen LogP contribution in [0.15, 0.2) is 24.3 Å². The van der Waals surface area contributed by atoms with E-state index in [1.165, 1.54) is 7.11 Å². The predicted molar refractivity (Wildman–Crippen MR) is 99.7 cm³/mol. The zero-order chi connectivity index (χ0) is 20.0. The molecular weight excluding hydrogens is 350 g/mol. The lowest BCUT2D eigenvalue weighted by molar-refractivity contribution is -0.148. The largest absolute Gasteiger partial charge is 0.491 e. The summed E-state index contributed by atoms with van der Waals surface area (Å²) in [4.78, 5) is 26.3. The number of likely N-dealkylation sites (tertiary alicyclic amines) is 1. The highest BCUT2D eigenvalue weighted by Crippen LogP contribution is 2.35. The Hall–Kier alpha value is -2.28. The molecule has 0 radical (unpaired) electrons. The molecule has 1 aliphatic rings. The van der Waals surface area contributed by atoms with E-state index < -0.39 is 17.6 Å². The van der Waals surface area contributed by atoms with Crippen LogP contribution in [0.4, 0.5) is 4.79 Å². The summed E-state index contributed by atoms with van der Waals surface area (Å²) < 4.78 is 15.8. The third kappa shape index (κ3) is 5.85. The maximum Gasteiger partial charge on any atom is 0.410 e. The standard InChI is InChI=1S/C20H29NO6/c1-20(2,3)27-19(24)21-10-9-16(17(13-21)18(23)25-4)14-5-7-15(8-6-14)26-12-11-22/h5-8,16-17,22H,9-13H2,1-4H3/t16-,17+/m1/s1. The van der Waals surface area contributed by atoms with E-state index in [0.29, 0.717) is 18.7 Å². The Morgan fingerprint density at radius 3 is 2.44 bits per heavy atom. The summed E-state index contributed by atoms with van der Waals surface area (Å²) in [6.45, 7) is 6.40. The molecule has 150 valence electrons. The van der Waals surface area contributed by atoms with Crippen LogP contribution < -0.4 is 4.74 Å². The van der Waals surface area contributed by atoms with Crippen molar-refractivity contribution in [2.24, 2.45) is 5.92 Å². The Morgan fingerprint density at radius 2 is 1.89 bits per heavy atom. The highest BCUT2D eigenvalue weighted by atomic mass is 16.6. The highest BCUT2D eigenvalue weighted by molar-refractivity contribution is 5.76. The van der Waals surface area contributed by atoms with E-state index in [1.54, 1.807) is 4.90 Å². The summed E-state index contributed by atoms with van der Waals surface area (Å²) >= 11 is 0. The van der Waals surface area contributed by atoms with Crippen LogP contribution in [0.1, 0.15) is 38.7 Å². The molecule has 1 N–H and O–H groups in total. The lowest BCUT2D eigenvalue weighted by Gasteiger charge is -2.38. The average molecular weight is 379 g/mol. The van der Waals surface area contributed by atoms with E-state index >= 15 is 0 Å². The molecule has 2 atom stereocenters. The normalized spacial score (nSPS) is 20.1. The van der Waals surface area contributed by atoms with Crippen LogP contribution in [0, 0.1) is 5.92 Å². The predicted octanol–water partition coefficient (Wildman–Crippen LogP) is 2.57. The number of ether oxygens (including phenoxy) is 3. The minimum Gasteiger partial charge on any atom is -0.491 e. The molecule has 27 heavy (non-hydrogen) atoms. The summed E-state index contributed by atoms with van der Waals surface area (Å²) in [6.07, 6.45) is 0.221. The van der Waals surface area contributed by atoms with E-state index in [0.717, 1.165) is 5.56 Å². The molecule has 1 aromatic carbocycles. The van der Waals surface area contributed by atoms with Gasteiger partial charge >= 0.3 is 12.1 Å². The molecule has 7 nitrogen and oxygen atoms in total. The fraction of sp³-hybridized carbons (Fsp3) is 0.600. The van der Waals surface area contributed by atoms with Gasteiger partial charge in [-0.1, -0.05) is 12.1 Å². The number of carbonyl (C=O) groups excluding carboxylic acids is 2. The van der Waals surface area contributed by atoms with E-state index in [2.05, 4.69) is 0 Å². The van der Waals surface area contributed by atoms with Gasteiger partial charge in [0.05, 0.1) is 19.6 Å². The quantitative estimate of drug-likeness (QED) is 0.792. The molecule has 1 saturated heterocycles. The first-order valence-corrected chi connectivity index (χ1v) is 9.14. The molecule has 1 aromatic rings. The molecule has 0 aromatic heterocycles. The first-order valence-electron chi connectivity index (χ1n) is 9.14. The Morgan fingerprint density at radius 1 is 1.22 bits per heavy atom. The van der Waals surface area contributed by atoms with Gasteiger partial charge in [0, 0.05) is 19.0 Å². The molecule has 1 amide bonds. The Kier molecular flexibility index (Phi) is 7.07. The second kappa shape index (κ2) is 9.08. The van der Waals surface area contributed by atoms with Gasteiger partial charge in [0.2, 0.25) is 0 Å². The zero-order valence-corrected chi connectivity index (χ0v) is 16.4. The third-order valence-corrected chi connectivity index (χ3v) is 4.44. The number of esters is 1. The van der Waals surface area contributed by atoms with E-state index in [-0.39, 0.29) is 31.6 Å². The molecule has 1 aliphatic heterocycles. The first-order chi connectivity index (χ1) is 12.7. The number of piperidine rings is 1. The van der Waals surface area contributed by atoms with Crippen molar-refractivity contribution in [3.05, 3.63) is 29.8 Å². The number of hydrogen-bond donors (Lipinski definition) is 1. The number of hydrogen-bond acceptors (Lipinski definition) is 6. The second-order valence-corrected chi connectivity index (χ2v) is 7.59. The first kappa shape index (κ1) is 21.0. The van der Waals surface area contributed by atoms with E-state index in [9.17, 15) is 9.59 Å². The molecule has 0 spiro atoms. The zero-order valence-electron chi connectivity index (χ0n) is 16.4. The number of rotatable bonds is 5. The molecule has 0 bridgehead atoms. The maximum atomic E-state index is 12.4. The Labute approximate surface area is 160 Å². The fourth-order valence-corrected chi connectivity index (χ4v) is 3.21. The minimum atomic E-state index is -0.584. The monoisotopic (exact) mass is 379 g/mol. The number of methoxy groups -OCH3 is 1. The molecular formula is C20H29NO6. The van der Waals surface area contributed by atoms with Crippen LogP contribution >= 0.6 is 0 Å². The van der Waals surface area contributed by atoms with Gasteiger partial charge < -0.3 is 24.2 Å². The van der Waals surface area contributed by atoms with Crippen molar-refractivity contribution < 1.29 is 28.9 Å². The lowest BCUT2D eigenvalue weighted by atomic mass is 9.80. The molecule has 0 aliphatic carbocycles. The molecule has 2 rings (SSSR count). The van der Waals surface area contributed by atoms with Gasteiger partial charge in [-0.2, -0.15) is 0 Å². The van der Waals surface area contributed by atoms with Gasteiger partial charge in [0.15, 0.2) is 0 Å². The number of aliphatic hydroxyl groups is 1. The Balaban J connectivity index is 2.13. The van der Waals surface area contributed by atoms with Crippen molar-refractivity contribution in [3.8, 4) is 5.75 Å². The molecule has 0 unspecified atom stereocenters. The Bertz CT molecular complexity index is 637. The van der Waals surface area contributed by atoms with Crippen molar-refractivity contribution in [1.29, 1.82) is 0 Å². The van der Waals surface area contributed by atoms with Crippen LogP contribution in [0.3, 0.4) is 0 Å². The smallest absolute Gasteiger partial charge is 0.410 e. The SMILES string of the molecule is COC(=O)[C@H]1CN(C(=O)OC(C)(C)C)CC[C@@H]1c1ccc(OCCO)cc1. The van der Waals surface area contributed by atoms with Gasteiger partial charge in [0.1, 0.15) is 18.0 Å². The summed E-state index contributed by atoms with van der Waals surface area (Å²) in [5.74, 6) is -0.189. The molecule has 0 saturated carbocycles. The van der Waals surface area contributed by atoms with Gasteiger partial charge in [-0.25, -0.2) is 4.79 Å². The third-order valence-electron chi connectivity index (χ3n) is 4.44. The van der Waals surface area contributed by atoms with Gasteiger partial charge in [-0.05, 0) is 44.9 Å². The summed E-state index contributed by atoms with van der Waals surface area (Å²) in [6, 6.07) is 7.46. The number of benzene rings is 1. The van der Waals surface area contributed by atoms with Crippen molar-refractivity contribution >= 4 is 12.1 Å². The van der Waals surface area contributed by atoms with Gasteiger partial charge in [-0.15, -0.1) is 0 Å². The van der Waals surface area contributed by atoms with Crippen LogP contribution in [0.2, 0.25) is 0 Å². The average Bonchev–Trinajstić information content (AvgIpc) is 2.64. The van der Waals surface area contributed by atoms with Crippen molar-refractivity contribution in [3.63, 3.8) is 0 Å². The second-order valence-electron chi connectivity index (χ2n) is 7.59. The van der Waals surface area contributed by atoms with E-state index in [4.69, 9.17) is 19.3 Å². The molecule has 1 fully saturated rings. The molecule has 7 heteroatoms. The minimum absolute atomic E-state index is 0.0463. The molecule has 1 heterocycles. The van der Waals surface area contributed by atoms with Crippen LogP contribution in [-0.2, 0) is 14.3 Å². The van der Waals surface area contributed by atoms with Gasteiger partial charge in [0.25, 0.3) is 0 Å². The number of amides is 1. The number of carbonyl (C=O) groups is 2. The lowest BCUT2D eigenvalue weighted by Crippen LogP contribution is -2.47. The van der Waals surface area contributed by atoms with E-state index in [1.807, 2.05) is 45.0 Å². The van der Waals surface area contributed by atoms with Crippen molar-refractivity contribution in [1.82, 2.24) is 4.90 Å². The van der Waals surface area contributed by atoms with Gasteiger partial charge in [-0.3, -0.25) is 4.79 Å². The summed E-state index contributed by atoms with van der Waals surface area (Å²) in [7, 11) is 1.36. The maximum absolute atomic E-state index is 12.4. The summed E-state index contributed by atoms with van der Waals surface area (Å²) in [5.41, 5.74) is 0.407.